The summed E-state index contributed by atoms with van der Waals surface area (Å²) in [6, 6.07) is 10.00. The van der Waals surface area contributed by atoms with E-state index >= 15 is 0 Å². The quantitative estimate of drug-likeness (QED) is 0.800. The molecule has 78 valence electrons. The van der Waals surface area contributed by atoms with Crippen LogP contribution in [0.1, 0.15) is 6.92 Å². The summed E-state index contributed by atoms with van der Waals surface area (Å²) in [4.78, 5) is 4.31. The van der Waals surface area contributed by atoms with Crippen LogP contribution in [0.4, 0.5) is 5.69 Å². The van der Waals surface area contributed by atoms with E-state index in [2.05, 4.69) is 10.3 Å². The maximum absolute atomic E-state index is 9.14. The van der Waals surface area contributed by atoms with Gasteiger partial charge in [-0.2, -0.15) is 0 Å². The predicted octanol–water partition coefficient (Wildman–Crippen LogP) is 2.03. The van der Waals surface area contributed by atoms with Gasteiger partial charge < -0.3 is 10.4 Å². The van der Waals surface area contributed by atoms with Gasteiger partial charge in [0.15, 0.2) is 0 Å². The van der Waals surface area contributed by atoms with E-state index in [4.69, 9.17) is 5.11 Å². The highest BCUT2D eigenvalue weighted by molar-refractivity contribution is 5.81. The summed E-state index contributed by atoms with van der Waals surface area (Å²) >= 11 is 0. The zero-order valence-corrected chi connectivity index (χ0v) is 8.64. The average molecular weight is 202 g/mol. The molecule has 0 aliphatic carbocycles. The Kier molecular flexibility index (Phi) is 2.83. The van der Waals surface area contributed by atoms with Crippen molar-refractivity contribution in [2.45, 2.75) is 13.0 Å². The van der Waals surface area contributed by atoms with Crippen molar-refractivity contribution in [3.05, 3.63) is 36.5 Å². The van der Waals surface area contributed by atoms with Gasteiger partial charge in [-0.15, -0.1) is 0 Å². The van der Waals surface area contributed by atoms with Crippen LogP contribution in [0.15, 0.2) is 36.5 Å². The van der Waals surface area contributed by atoms with E-state index in [1.807, 2.05) is 30.3 Å². The lowest BCUT2D eigenvalue weighted by Gasteiger charge is -2.08. The van der Waals surface area contributed by atoms with Crippen LogP contribution in [0.5, 0.6) is 0 Å². The Morgan fingerprint density at radius 1 is 1.40 bits per heavy atom. The molecule has 0 aliphatic rings. The van der Waals surface area contributed by atoms with Crippen LogP contribution >= 0.6 is 0 Å². The van der Waals surface area contributed by atoms with Crippen molar-refractivity contribution in [1.82, 2.24) is 4.98 Å². The standard InChI is InChI=1S/C12H14N2O/c1-9(15)7-13-11-6-10-4-2-3-5-12(10)14-8-11/h2-6,8-9,13,15H,7H2,1H3. The third kappa shape index (κ3) is 2.44. The number of fused-ring (bicyclic) bond motifs is 1. The molecule has 1 heterocycles. The Morgan fingerprint density at radius 2 is 2.20 bits per heavy atom. The Balaban J connectivity index is 2.23. The van der Waals surface area contributed by atoms with Crippen molar-refractivity contribution in [2.24, 2.45) is 0 Å². The van der Waals surface area contributed by atoms with Gasteiger partial charge in [0.2, 0.25) is 0 Å². The van der Waals surface area contributed by atoms with Crippen LogP contribution in [0.25, 0.3) is 10.9 Å². The third-order valence-electron chi connectivity index (χ3n) is 2.19. The molecular weight excluding hydrogens is 188 g/mol. The molecule has 1 aromatic carbocycles. The molecule has 0 saturated carbocycles. The Bertz CT molecular complexity index is 454. The Morgan fingerprint density at radius 3 is 3.00 bits per heavy atom. The number of benzene rings is 1. The topological polar surface area (TPSA) is 45.1 Å². The molecule has 0 fully saturated rings. The first-order valence-corrected chi connectivity index (χ1v) is 5.02. The van der Waals surface area contributed by atoms with Gasteiger partial charge >= 0.3 is 0 Å². The molecule has 1 unspecified atom stereocenters. The van der Waals surface area contributed by atoms with Crippen LogP contribution in [-0.4, -0.2) is 22.7 Å². The SMILES string of the molecule is CC(O)CNc1cnc2ccccc2c1. The molecule has 1 aromatic heterocycles. The lowest BCUT2D eigenvalue weighted by molar-refractivity contribution is 0.208. The molecule has 3 heteroatoms. The molecule has 15 heavy (non-hydrogen) atoms. The molecule has 2 aromatic rings. The summed E-state index contributed by atoms with van der Waals surface area (Å²) < 4.78 is 0. The van der Waals surface area contributed by atoms with Crippen molar-refractivity contribution in [1.29, 1.82) is 0 Å². The molecule has 0 spiro atoms. The second kappa shape index (κ2) is 4.28. The van der Waals surface area contributed by atoms with Crippen LogP contribution in [-0.2, 0) is 0 Å². The third-order valence-corrected chi connectivity index (χ3v) is 2.19. The average Bonchev–Trinajstić information content (AvgIpc) is 2.26. The van der Waals surface area contributed by atoms with E-state index in [0.29, 0.717) is 6.54 Å². The van der Waals surface area contributed by atoms with Gasteiger partial charge in [0.1, 0.15) is 0 Å². The van der Waals surface area contributed by atoms with E-state index < -0.39 is 0 Å². The second-order valence-electron chi connectivity index (χ2n) is 3.65. The van der Waals surface area contributed by atoms with Crippen molar-refractivity contribution in [3.63, 3.8) is 0 Å². The number of anilines is 1. The number of nitrogens with zero attached hydrogens (tertiary/aromatic N) is 1. The molecule has 0 bridgehead atoms. The second-order valence-corrected chi connectivity index (χ2v) is 3.65. The minimum atomic E-state index is -0.350. The summed E-state index contributed by atoms with van der Waals surface area (Å²) in [5.41, 5.74) is 1.93. The molecule has 0 radical (unpaired) electrons. The largest absolute Gasteiger partial charge is 0.392 e. The number of aromatic nitrogens is 1. The molecular formula is C12H14N2O. The monoisotopic (exact) mass is 202 g/mol. The lowest BCUT2D eigenvalue weighted by atomic mass is 10.2. The summed E-state index contributed by atoms with van der Waals surface area (Å²) in [6.45, 7) is 2.29. The zero-order valence-electron chi connectivity index (χ0n) is 8.64. The van der Waals surface area contributed by atoms with Crippen LogP contribution in [0, 0.1) is 0 Å². The summed E-state index contributed by atoms with van der Waals surface area (Å²) in [7, 11) is 0. The van der Waals surface area contributed by atoms with Crippen molar-refractivity contribution in [2.75, 3.05) is 11.9 Å². The zero-order chi connectivity index (χ0) is 10.7. The smallest absolute Gasteiger partial charge is 0.0703 e. The van der Waals surface area contributed by atoms with Crippen molar-refractivity contribution >= 4 is 16.6 Å². The first kappa shape index (κ1) is 9.93. The summed E-state index contributed by atoms with van der Waals surface area (Å²) in [5, 5.41) is 13.4. The van der Waals surface area contributed by atoms with Gasteiger partial charge in [0.25, 0.3) is 0 Å². The van der Waals surface area contributed by atoms with Gasteiger partial charge in [-0.1, -0.05) is 18.2 Å². The van der Waals surface area contributed by atoms with Crippen molar-refractivity contribution < 1.29 is 5.11 Å². The Labute approximate surface area is 88.8 Å². The fraction of sp³-hybridized carbons (Fsp3) is 0.250. The Hall–Kier alpha value is -1.61. The lowest BCUT2D eigenvalue weighted by Crippen LogP contribution is -2.15. The van der Waals surface area contributed by atoms with Gasteiger partial charge in [-0.05, 0) is 19.1 Å². The first-order chi connectivity index (χ1) is 7.25. The van der Waals surface area contributed by atoms with E-state index in [9.17, 15) is 0 Å². The van der Waals surface area contributed by atoms with Crippen LogP contribution in [0.2, 0.25) is 0 Å². The fourth-order valence-corrected chi connectivity index (χ4v) is 1.43. The van der Waals surface area contributed by atoms with E-state index in [1.165, 1.54) is 0 Å². The number of aliphatic hydroxyl groups is 1. The minimum Gasteiger partial charge on any atom is -0.392 e. The molecule has 0 amide bonds. The van der Waals surface area contributed by atoms with E-state index in [1.54, 1.807) is 13.1 Å². The first-order valence-electron chi connectivity index (χ1n) is 5.02. The van der Waals surface area contributed by atoms with Gasteiger partial charge in [-0.3, -0.25) is 4.98 Å². The maximum atomic E-state index is 9.14. The molecule has 3 nitrogen and oxygen atoms in total. The predicted molar refractivity (Wildman–Crippen MR) is 61.9 cm³/mol. The summed E-state index contributed by atoms with van der Waals surface area (Å²) in [5.74, 6) is 0. The highest BCUT2D eigenvalue weighted by atomic mass is 16.3. The molecule has 2 N–H and O–H groups in total. The number of para-hydroxylation sites is 1. The van der Waals surface area contributed by atoms with Gasteiger partial charge in [-0.25, -0.2) is 0 Å². The minimum absolute atomic E-state index is 0.350. The van der Waals surface area contributed by atoms with E-state index in [0.717, 1.165) is 16.6 Å². The molecule has 0 aliphatic heterocycles. The summed E-state index contributed by atoms with van der Waals surface area (Å²) in [6.07, 6.45) is 1.43. The molecule has 0 saturated heterocycles. The van der Waals surface area contributed by atoms with Gasteiger partial charge in [0, 0.05) is 11.9 Å². The maximum Gasteiger partial charge on any atom is 0.0703 e. The molecule has 1 atom stereocenters. The highest BCUT2D eigenvalue weighted by Gasteiger charge is 1.98. The van der Waals surface area contributed by atoms with Crippen LogP contribution < -0.4 is 5.32 Å². The highest BCUT2D eigenvalue weighted by Crippen LogP contribution is 2.15. The van der Waals surface area contributed by atoms with E-state index in [-0.39, 0.29) is 6.10 Å². The number of pyridine rings is 1. The van der Waals surface area contributed by atoms with Crippen molar-refractivity contribution in [3.8, 4) is 0 Å². The number of rotatable bonds is 3. The van der Waals surface area contributed by atoms with Gasteiger partial charge in [0.05, 0.1) is 23.5 Å². The number of nitrogens with one attached hydrogen (secondary N) is 1. The van der Waals surface area contributed by atoms with Crippen LogP contribution in [0.3, 0.4) is 0 Å². The molecule has 2 rings (SSSR count). The fourth-order valence-electron chi connectivity index (χ4n) is 1.43. The number of aliphatic hydroxyl groups excluding tert-OH is 1. The number of hydrogen-bond acceptors (Lipinski definition) is 3. The normalized spacial score (nSPS) is 12.7. The number of hydrogen-bond donors (Lipinski definition) is 2.